The molecule has 0 spiro atoms. The van der Waals surface area contributed by atoms with Crippen LogP contribution in [0.1, 0.15) is 54.2 Å². The molecule has 2 rings (SSSR count). The smallest absolute Gasteiger partial charge is 0.381 e. The van der Waals surface area contributed by atoms with Gasteiger partial charge in [-0.1, -0.05) is 25.7 Å². The molecule has 0 unspecified atom stereocenters. The summed E-state index contributed by atoms with van der Waals surface area (Å²) in [4.78, 5) is 0. The lowest BCUT2D eigenvalue weighted by molar-refractivity contribution is 0.0743. The molecule has 13 heavy (non-hydrogen) atoms. The number of hydrogen-bond donors (Lipinski definition) is 0. The van der Waals surface area contributed by atoms with Crippen LogP contribution in [0.25, 0.3) is 0 Å². The third-order valence-electron chi connectivity index (χ3n) is 3.66. The molecule has 2 aliphatic rings. The molecule has 0 bridgehead atoms. The maximum Gasteiger partial charge on any atom is 1.00 e. The fraction of sp³-hybridized carbons (Fsp3) is 1.00. The van der Waals surface area contributed by atoms with Gasteiger partial charge in [0, 0.05) is 13.2 Å². The van der Waals surface area contributed by atoms with Crippen LogP contribution in [0, 0.1) is 11.8 Å². The molecule has 0 heterocycles. The van der Waals surface area contributed by atoms with Crippen LogP contribution < -0.4 is 0 Å². The van der Waals surface area contributed by atoms with Crippen molar-refractivity contribution in [2.45, 2.75) is 51.4 Å². The highest BCUT2D eigenvalue weighted by molar-refractivity contribution is 4.69. The Hall–Kier alpha value is -0.0400. The van der Waals surface area contributed by atoms with Crippen LogP contribution in [0.3, 0.4) is 0 Å². The van der Waals surface area contributed by atoms with E-state index in [2.05, 4.69) is 0 Å². The van der Waals surface area contributed by atoms with E-state index in [0.29, 0.717) is 0 Å². The molecule has 0 aromatic rings. The normalized spacial score (nSPS) is 25.8. The molecule has 76 valence electrons. The fourth-order valence-electron chi connectivity index (χ4n) is 2.76. The zero-order valence-electron chi connectivity index (χ0n) is 10.6. The molecular weight excluding hydrogens is 160 g/mol. The maximum absolute atomic E-state index is 5.80. The molecule has 0 aliphatic heterocycles. The average molecular weight is 184 g/mol. The Morgan fingerprint density at radius 3 is 1.54 bits per heavy atom. The first-order chi connectivity index (χ1) is 6.45. The van der Waals surface area contributed by atoms with E-state index < -0.39 is 0 Å². The van der Waals surface area contributed by atoms with Gasteiger partial charge in [0.05, 0.1) is 0 Å². The van der Waals surface area contributed by atoms with E-state index in [0.717, 1.165) is 25.0 Å². The lowest BCUT2D eigenvalue weighted by Crippen LogP contribution is -2.11. The first kappa shape index (κ1) is 9.51. The predicted molar refractivity (Wildman–Crippen MR) is 57.0 cm³/mol. The Morgan fingerprint density at radius 2 is 1.15 bits per heavy atom. The third-order valence-corrected chi connectivity index (χ3v) is 3.66. The summed E-state index contributed by atoms with van der Waals surface area (Å²) in [5.41, 5.74) is 0. The second-order valence-corrected chi connectivity index (χ2v) is 4.84. The highest BCUT2D eigenvalue weighted by atomic mass is 16.5. The minimum atomic E-state index is 0. The van der Waals surface area contributed by atoms with Crippen molar-refractivity contribution < 1.29 is 7.59 Å². The van der Waals surface area contributed by atoms with Gasteiger partial charge in [0.2, 0.25) is 0 Å². The largest absolute Gasteiger partial charge is 1.00 e. The zero-order valence-corrected chi connectivity index (χ0v) is 8.63. The van der Waals surface area contributed by atoms with Gasteiger partial charge in [0.15, 0.2) is 0 Å². The SMILES string of the molecule is C1CCC(COCC2CCCC2)C1.[H+].[H+]. The van der Waals surface area contributed by atoms with Gasteiger partial charge in [-0.25, -0.2) is 0 Å². The van der Waals surface area contributed by atoms with Gasteiger partial charge < -0.3 is 4.74 Å². The van der Waals surface area contributed by atoms with Gasteiger partial charge in [-0.2, -0.15) is 0 Å². The number of ether oxygens (including phenoxy) is 1. The molecule has 0 radical (unpaired) electrons. The fourth-order valence-corrected chi connectivity index (χ4v) is 2.76. The van der Waals surface area contributed by atoms with Gasteiger partial charge in [0.1, 0.15) is 0 Å². The first-order valence-corrected chi connectivity index (χ1v) is 6.03. The standard InChI is InChI=1S/C12H22O/c1-2-6-11(5-1)9-13-10-12-7-3-4-8-12/h11-12H,1-10H2/p+2. The Labute approximate surface area is 84.8 Å². The number of rotatable bonds is 4. The van der Waals surface area contributed by atoms with Crippen LogP contribution in [-0.4, -0.2) is 13.2 Å². The predicted octanol–water partition coefficient (Wildman–Crippen LogP) is 3.61. The van der Waals surface area contributed by atoms with Crippen LogP contribution in [0.15, 0.2) is 0 Å². The van der Waals surface area contributed by atoms with Crippen molar-refractivity contribution in [1.82, 2.24) is 0 Å². The molecule has 2 aliphatic carbocycles. The molecule has 2 saturated carbocycles. The van der Waals surface area contributed by atoms with Crippen LogP contribution in [0.4, 0.5) is 0 Å². The second-order valence-electron chi connectivity index (χ2n) is 4.84. The van der Waals surface area contributed by atoms with E-state index in [1.807, 2.05) is 0 Å². The van der Waals surface area contributed by atoms with Crippen LogP contribution in [-0.2, 0) is 4.74 Å². The van der Waals surface area contributed by atoms with E-state index in [1.54, 1.807) is 0 Å². The number of hydrogen-bond acceptors (Lipinski definition) is 1. The Kier molecular flexibility index (Phi) is 3.65. The summed E-state index contributed by atoms with van der Waals surface area (Å²) in [6.07, 6.45) is 11.5. The molecule has 2 fully saturated rings. The summed E-state index contributed by atoms with van der Waals surface area (Å²) >= 11 is 0. The lowest BCUT2D eigenvalue weighted by atomic mass is 10.1. The van der Waals surface area contributed by atoms with E-state index in [9.17, 15) is 0 Å². The Morgan fingerprint density at radius 1 is 0.769 bits per heavy atom. The zero-order chi connectivity index (χ0) is 8.93. The molecule has 1 heteroatoms. The Balaban J connectivity index is 0.000000980. The molecular formula is C12H24O+2. The van der Waals surface area contributed by atoms with E-state index >= 15 is 0 Å². The molecule has 0 aromatic heterocycles. The second kappa shape index (κ2) is 4.99. The van der Waals surface area contributed by atoms with Gasteiger partial charge >= 0.3 is 2.85 Å². The average Bonchev–Trinajstić information content (AvgIpc) is 2.75. The summed E-state index contributed by atoms with van der Waals surface area (Å²) in [6, 6.07) is 0. The summed E-state index contributed by atoms with van der Waals surface area (Å²) in [5.74, 6) is 1.81. The topological polar surface area (TPSA) is 9.23 Å². The van der Waals surface area contributed by atoms with E-state index in [-0.39, 0.29) is 2.85 Å². The van der Waals surface area contributed by atoms with Crippen LogP contribution in [0.2, 0.25) is 0 Å². The molecule has 0 N–H and O–H groups in total. The lowest BCUT2D eigenvalue weighted by Gasteiger charge is -2.13. The van der Waals surface area contributed by atoms with Gasteiger partial charge in [-0.15, -0.1) is 0 Å². The van der Waals surface area contributed by atoms with Crippen molar-refractivity contribution >= 4 is 0 Å². The minimum absolute atomic E-state index is 0. The molecule has 0 amide bonds. The molecule has 0 saturated heterocycles. The van der Waals surface area contributed by atoms with Crippen molar-refractivity contribution in [2.75, 3.05) is 13.2 Å². The van der Waals surface area contributed by atoms with Crippen molar-refractivity contribution in [3.05, 3.63) is 0 Å². The molecule has 1 nitrogen and oxygen atoms in total. The van der Waals surface area contributed by atoms with Crippen LogP contribution in [0.5, 0.6) is 0 Å². The van der Waals surface area contributed by atoms with E-state index in [4.69, 9.17) is 4.74 Å². The summed E-state index contributed by atoms with van der Waals surface area (Å²) < 4.78 is 5.80. The van der Waals surface area contributed by atoms with Crippen molar-refractivity contribution in [3.8, 4) is 0 Å². The van der Waals surface area contributed by atoms with Gasteiger partial charge in [0.25, 0.3) is 0 Å². The summed E-state index contributed by atoms with van der Waals surface area (Å²) in [6.45, 7) is 2.10. The van der Waals surface area contributed by atoms with Crippen molar-refractivity contribution in [3.63, 3.8) is 0 Å². The van der Waals surface area contributed by atoms with Crippen LogP contribution >= 0.6 is 0 Å². The third kappa shape index (κ3) is 2.98. The maximum atomic E-state index is 5.80. The first-order valence-electron chi connectivity index (χ1n) is 6.03. The highest BCUT2D eigenvalue weighted by Crippen LogP contribution is 2.27. The van der Waals surface area contributed by atoms with Crippen molar-refractivity contribution in [2.24, 2.45) is 11.8 Å². The van der Waals surface area contributed by atoms with E-state index in [1.165, 1.54) is 51.4 Å². The van der Waals surface area contributed by atoms with Crippen molar-refractivity contribution in [1.29, 1.82) is 0 Å². The van der Waals surface area contributed by atoms with Gasteiger partial charge in [-0.3, -0.25) is 0 Å². The minimum Gasteiger partial charge on any atom is -0.381 e. The van der Waals surface area contributed by atoms with Gasteiger partial charge in [-0.05, 0) is 37.5 Å². The molecule has 0 aromatic carbocycles. The highest BCUT2D eigenvalue weighted by Gasteiger charge is 2.18. The monoisotopic (exact) mass is 184 g/mol. The summed E-state index contributed by atoms with van der Waals surface area (Å²) in [5, 5.41) is 0. The summed E-state index contributed by atoms with van der Waals surface area (Å²) in [7, 11) is 0. The Bertz CT molecular complexity index is 125. The molecule has 0 atom stereocenters. The quantitative estimate of drug-likeness (QED) is 0.648.